The van der Waals surface area contributed by atoms with Gasteiger partial charge in [-0.15, -0.1) is 0 Å². The minimum atomic E-state index is -0.190. The van der Waals surface area contributed by atoms with E-state index in [-0.39, 0.29) is 28.3 Å². The second-order valence-electron chi connectivity index (χ2n) is 4.68. The number of benzene rings is 2. The van der Waals surface area contributed by atoms with Gasteiger partial charge in [0, 0.05) is 20.4 Å². The molecule has 0 nitrogen and oxygen atoms in total. The van der Waals surface area contributed by atoms with Gasteiger partial charge >= 0.3 is 0 Å². The van der Waals surface area contributed by atoms with Gasteiger partial charge in [0.2, 0.25) is 0 Å². The Morgan fingerprint density at radius 2 is 1.17 bits per heavy atom. The van der Waals surface area contributed by atoms with E-state index in [1.807, 2.05) is 0 Å². The van der Waals surface area contributed by atoms with Crippen LogP contribution >= 0.6 is 7.92 Å². The topological polar surface area (TPSA) is 0 Å². The average molecular weight is 349 g/mol. The molecule has 2 aromatic carbocycles. The summed E-state index contributed by atoms with van der Waals surface area (Å²) in [7, 11) is -0.190. The molecule has 0 amide bonds. The van der Waals surface area contributed by atoms with Gasteiger partial charge in [-0.2, -0.15) is 0 Å². The van der Waals surface area contributed by atoms with Crippen LogP contribution in [-0.4, -0.2) is 6.16 Å². The van der Waals surface area contributed by atoms with Crippen LogP contribution < -0.4 is 10.6 Å². The molecule has 0 radical (unpaired) electrons. The molecule has 0 aliphatic carbocycles. The molecule has 0 saturated carbocycles. The van der Waals surface area contributed by atoms with E-state index in [0.29, 0.717) is 0 Å². The van der Waals surface area contributed by atoms with Crippen molar-refractivity contribution < 1.29 is 20.4 Å². The molecule has 0 fully saturated rings. The zero-order chi connectivity index (χ0) is 12.1. The van der Waals surface area contributed by atoms with Crippen LogP contribution in [0.5, 0.6) is 0 Å². The largest absolute Gasteiger partial charge is 0.0624 e. The number of hydrogen-bond donors (Lipinski definition) is 0. The Kier molecular flexibility index (Phi) is 6.80. The van der Waals surface area contributed by atoms with Crippen LogP contribution in [0, 0.1) is 5.92 Å². The Balaban J connectivity index is 0.00000162. The first-order chi connectivity index (χ1) is 8.27. The predicted molar refractivity (Wildman–Crippen MR) is 78.8 cm³/mol. The summed E-state index contributed by atoms with van der Waals surface area (Å²) in [6.07, 6.45) is 1.27. The number of hydrogen-bond acceptors (Lipinski definition) is 0. The minimum Gasteiger partial charge on any atom is -0.0624 e. The molecule has 98 valence electrons. The molecular weight excluding hydrogens is 330 g/mol. The van der Waals surface area contributed by atoms with E-state index in [4.69, 9.17) is 0 Å². The monoisotopic (exact) mass is 348 g/mol. The Morgan fingerprint density at radius 1 is 0.778 bits per heavy atom. The average Bonchev–Trinajstić information content (AvgIpc) is 2.38. The normalized spacial score (nSPS) is 10.4. The number of rotatable bonds is 4. The van der Waals surface area contributed by atoms with Gasteiger partial charge in [0.15, 0.2) is 0 Å². The quantitative estimate of drug-likeness (QED) is 0.583. The molecule has 0 saturated heterocycles. The first-order valence-electron chi connectivity index (χ1n) is 6.15. The second kappa shape index (κ2) is 7.86. The van der Waals surface area contributed by atoms with E-state index in [1.54, 1.807) is 0 Å². The summed E-state index contributed by atoms with van der Waals surface area (Å²) in [5.41, 5.74) is 0. The van der Waals surface area contributed by atoms with Crippen LogP contribution in [0.3, 0.4) is 0 Å². The van der Waals surface area contributed by atoms with Crippen molar-refractivity contribution in [3.8, 4) is 0 Å². The van der Waals surface area contributed by atoms with E-state index < -0.39 is 0 Å². The first-order valence-corrected chi connectivity index (χ1v) is 7.67. The molecule has 0 aliphatic rings. The van der Waals surface area contributed by atoms with Gasteiger partial charge in [-0.25, -0.2) is 0 Å². The molecule has 0 heterocycles. The summed E-state index contributed by atoms with van der Waals surface area (Å²) in [6.45, 7) is 4.61. The molecule has 2 heteroatoms. The van der Waals surface area contributed by atoms with Crippen LogP contribution in [0.2, 0.25) is 0 Å². The third-order valence-corrected chi connectivity index (χ3v) is 5.62. The standard InChI is InChI=1S/C16H19P.Pd/c1-14(2)13-17(15-9-5-3-6-10-15)16-11-7-4-8-12-16;/h3-12,14H,13H2,1-2H3;. The Labute approximate surface area is 125 Å². The summed E-state index contributed by atoms with van der Waals surface area (Å²) < 4.78 is 0. The first kappa shape index (κ1) is 15.6. The fourth-order valence-electron chi connectivity index (χ4n) is 1.94. The molecule has 0 unspecified atom stereocenters. The zero-order valence-electron chi connectivity index (χ0n) is 10.8. The molecule has 0 atom stereocenters. The molecule has 2 rings (SSSR count). The Hall–Kier alpha value is -0.468. The van der Waals surface area contributed by atoms with Crippen molar-refractivity contribution in [2.45, 2.75) is 13.8 Å². The van der Waals surface area contributed by atoms with Crippen LogP contribution in [-0.2, 0) is 20.4 Å². The van der Waals surface area contributed by atoms with Gasteiger partial charge < -0.3 is 0 Å². The Morgan fingerprint density at radius 3 is 1.50 bits per heavy atom. The molecule has 0 aromatic heterocycles. The maximum absolute atomic E-state index is 2.31. The Bertz CT molecular complexity index is 400. The minimum absolute atomic E-state index is 0. The van der Waals surface area contributed by atoms with Crippen molar-refractivity contribution in [1.82, 2.24) is 0 Å². The fraction of sp³-hybridized carbons (Fsp3) is 0.250. The van der Waals surface area contributed by atoms with E-state index in [1.165, 1.54) is 16.8 Å². The van der Waals surface area contributed by atoms with Crippen LogP contribution in [0.15, 0.2) is 60.7 Å². The van der Waals surface area contributed by atoms with Crippen LogP contribution in [0.25, 0.3) is 0 Å². The van der Waals surface area contributed by atoms with Gasteiger partial charge in [-0.05, 0) is 30.6 Å². The van der Waals surface area contributed by atoms with Gasteiger partial charge in [0.1, 0.15) is 0 Å². The van der Waals surface area contributed by atoms with Crippen molar-refractivity contribution in [2.24, 2.45) is 5.92 Å². The summed E-state index contributed by atoms with van der Waals surface area (Å²) >= 11 is 0. The summed E-state index contributed by atoms with van der Waals surface area (Å²) in [5, 5.41) is 2.98. The van der Waals surface area contributed by atoms with E-state index >= 15 is 0 Å². The molecule has 0 bridgehead atoms. The third kappa shape index (κ3) is 4.33. The van der Waals surface area contributed by atoms with Gasteiger partial charge in [0.25, 0.3) is 0 Å². The fourth-order valence-corrected chi connectivity index (χ4v) is 4.46. The van der Waals surface area contributed by atoms with Gasteiger partial charge in [-0.3, -0.25) is 0 Å². The summed E-state index contributed by atoms with van der Waals surface area (Å²) in [5.74, 6) is 0.738. The third-order valence-electron chi connectivity index (χ3n) is 2.68. The second-order valence-corrected chi connectivity index (χ2v) is 6.93. The molecule has 2 aromatic rings. The zero-order valence-corrected chi connectivity index (χ0v) is 13.3. The van der Waals surface area contributed by atoms with E-state index in [2.05, 4.69) is 74.5 Å². The van der Waals surface area contributed by atoms with Gasteiger partial charge in [0.05, 0.1) is 0 Å². The molecule has 0 N–H and O–H groups in total. The summed E-state index contributed by atoms with van der Waals surface area (Å²) in [6, 6.07) is 21.8. The van der Waals surface area contributed by atoms with Crippen molar-refractivity contribution in [3.05, 3.63) is 60.7 Å². The maximum atomic E-state index is 2.31. The van der Waals surface area contributed by atoms with Gasteiger partial charge in [-0.1, -0.05) is 74.5 Å². The predicted octanol–water partition coefficient (Wildman–Crippen LogP) is 3.77. The maximum Gasteiger partial charge on any atom is 0 e. The molecule has 0 spiro atoms. The SMILES string of the molecule is CC(C)CP(c1ccccc1)c1ccccc1.[Pd]. The van der Waals surface area contributed by atoms with Crippen LogP contribution in [0.4, 0.5) is 0 Å². The smallest absolute Gasteiger partial charge is 0 e. The molecule has 0 aliphatic heterocycles. The molecule has 18 heavy (non-hydrogen) atoms. The van der Waals surface area contributed by atoms with Crippen molar-refractivity contribution in [3.63, 3.8) is 0 Å². The van der Waals surface area contributed by atoms with E-state index in [0.717, 1.165) is 5.92 Å². The van der Waals surface area contributed by atoms with Crippen molar-refractivity contribution in [2.75, 3.05) is 6.16 Å². The summed E-state index contributed by atoms with van der Waals surface area (Å²) in [4.78, 5) is 0. The van der Waals surface area contributed by atoms with E-state index in [9.17, 15) is 0 Å². The molecular formula is C16H19PPd. The van der Waals surface area contributed by atoms with Crippen LogP contribution in [0.1, 0.15) is 13.8 Å². The van der Waals surface area contributed by atoms with Crippen molar-refractivity contribution in [1.29, 1.82) is 0 Å². The van der Waals surface area contributed by atoms with Crippen molar-refractivity contribution >= 4 is 18.5 Å².